The normalized spacial score (nSPS) is 16.8. The first-order valence-corrected chi connectivity index (χ1v) is 6.52. The Morgan fingerprint density at radius 2 is 1.72 bits per heavy atom. The molecule has 0 amide bonds. The van der Waals surface area contributed by atoms with Crippen LogP contribution in [0.15, 0.2) is 0 Å². The SMILES string of the molecule is COCCCN(CCOC)C(C)(CN)C(C)OC. The molecule has 2 unspecified atom stereocenters. The van der Waals surface area contributed by atoms with Crippen molar-refractivity contribution >= 4 is 0 Å². The van der Waals surface area contributed by atoms with Gasteiger partial charge in [0.2, 0.25) is 0 Å². The van der Waals surface area contributed by atoms with E-state index in [-0.39, 0.29) is 11.6 Å². The molecule has 0 saturated heterocycles. The van der Waals surface area contributed by atoms with Gasteiger partial charge in [0.25, 0.3) is 0 Å². The van der Waals surface area contributed by atoms with Gasteiger partial charge in [-0.2, -0.15) is 0 Å². The van der Waals surface area contributed by atoms with Gasteiger partial charge in [0, 0.05) is 47.6 Å². The number of hydrogen-bond donors (Lipinski definition) is 1. The highest BCUT2D eigenvalue weighted by atomic mass is 16.5. The molecule has 5 nitrogen and oxygen atoms in total. The number of nitrogens with two attached hydrogens (primary N) is 1. The predicted molar refractivity (Wildman–Crippen MR) is 73.9 cm³/mol. The smallest absolute Gasteiger partial charge is 0.0736 e. The minimum atomic E-state index is -0.180. The molecule has 0 heterocycles. The lowest BCUT2D eigenvalue weighted by Gasteiger charge is -2.44. The first-order chi connectivity index (χ1) is 8.56. The number of rotatable bonds is 11. The van der Waals surface area contributed by atoms with E-state index in [4.69, 9.17) is 19.9 Å². The molecule has 2 N–H and O–H groups in total. The average molecular weight is 262 g/mol. The van der Waals surface area contributed by atoms with Crippen LogP contribution in [-0.4, -0.2) is 70.7 Å². The first-order valence-electron chi connectivity index (χ1n) is 6.52. The van der Waals surface area contributed by atoms with Gasteiger partial charge in [-0.15, -0.1) is 0 Å². The van der Waals surface area contributed by atoms with Crippen molar-refractivity contribution in [3.8, 4) is 0 Å². The molecule has 2 atom stereocenters. The highest BCUT2D eigenvalue weighted by Gasteiger charge is 2.35. The van der Waals surface area contributed by atoms with Crippen molar-refractivity contribution in [2.75, 3.05) is 54.2 Å². The van der Waals surface area contributed by atoms with Crippen molar-refractivity contribution in [2.45, 2.75) is 31.9 Å². The standard InChI is InChI=1S/C13H30N2O3/c1-12(18-5)13(2,11-14)15(8-10-17-4)7-6-9-16-3/h12H,6-11,14H2,1-5H3. The predicted octanol–water partition coefficient (Wildman–Crippen LogP) is 0.724. The Bertz CT molecular complexity index is 205. The minimum absolute atomic E-state index is 0.0712. The van der Waals surface area contributed by atoms with Gasteiger partial charge < -0.3 is 19.9 Å². The van der Waals surface area contributed by atoms with Crippen molar-refractivity contribution in [1.29, 1.82) is 0 Å². The van der Waals surface area contributed by atoms with Crippen LogP contribution in [0.25, 0.3) is 0 Å². The maximum atomic E-state index is 5.97. The first kappa shape index (κ1) is 17.8. The molecular formula is C13H30N2O3. The van der Waals surface area contributed by atoms with Crippen LogP contribution < -0.4 is 5.73 Å². The summed E-state index contributed by atoms with van der Waals surface area (Å²) in [6, 6.07) is 0. The summed E-state index contributed by atoms with van der Waals surface area (Å²) in [4.78, 5) is 2.34. The Morgan fingerprint density at radius 3 is 2.17 bits per heavy atom. The van der Waals surface area contributed by atoms with Gasteiger partial charge in [0.05, 0.1) is 18.2 Å². The van der Waals surface area contributed by atoms with Crippen LogP contribution in [0.3, 0.4) is 0 Å². The molecule has 0 aromatic rings. The van der Waals surface area contributed by atoms with Gasteiger partial charge in [-0.25, -0.2) is 0 Å². The van der Waals surface area contributed by atoms with Crippen LogP contribution in [0.5, 0.6) is 0 Å². The molecule has 0 aliphatic rings. The highest BCUT2D eigenvalue weighted by Crippen LogP contribution is 2.21. The van der Waals surface area contributed by atoms with E-state index in [0.717, 1.165) is 26.1 Å². The van der Waals surface area contributed by atoms with Gasteiger partial charge >= 0.3 is 0 Å². The van der Waals surface area contributed by atoms with Gasteiger partial charge in [-0.1, -0.05) is 0 Å². The Kier molecular flexibility index (Phi) is 9.59. The monoisotopic (exact) mass is 262 g/mol. The molecule has 0 aliphatic carbocycles. The van der Waals surface area contributed by atoms with E-state index in [9.17, 15) is 0 Å². The maximum Gasteiger partial charge on any atom is 0.0736 e. The van der Waals surface area contributed by atoms with Crippen LogP contribution in [0.2, 0.25) is 0 Å². The molecule has 18 heavy (non-hydrogen) atoms. The van der Waals surface area contributed by atoms with Crippen LogP contribution in [-0.2, 0) is 14.2 Å². The minimum Gasteiger partial charge on any atom is -0.385 e. The van der Waals surface area contributed by atoms with Gasteiger partial charge in [0.1, 0.15) is 0 Å². The topological polar surface area (TPSA) is 57.0 Å². The molecule has 0 saturated carbocycles. The quantitative estimate of drug-likeness (QED) is 0.556. The molecular weight excluding hydrogens is 232 g/mol. The summed E-state index contributed by atoms with van der Waals surface area (Å²) in [5, 5.41) is 0. The van der Waals surface area contributed by atoms with Crippen molar-refractivity contribution < 1.29 is 14.2 Å². The van der Waals surface area contributed by atoms with Crippen LogP contribution in [0.1, 0.15) is 20.3 Å². The zero-order chi connectivity index (χ0) is 14.0. The van der Waals surface area contributed by atoms with E-state index in [1.807, 2.05) is 0 Å². The largest absolute Gasteiger partial charge is 0.385 e. The number of hydrogen-bond acceptors (Lipinski definition) is 5. The third kappa shape index (κ3) is 5.20. The van der Waals surface area contributed by atoms with E-state index in [2.05, 4.69) is 18.7 Å². The molecule has 0 aromatic heterocycles. The zero-order valence-corrected chi connectivity index (χ0v) is 12.6. The lowest BCUT2D eigenvalue weighted by atomic mass is 9.93. The summed E-state index contributed by atoms with van der Waals surface area (Å²) < 4.78 is 15.8. The third-order valence-electron chi connectivity index (χ3n) is 3.71. The lowest BCUT2D eigenvalue weighted by molar-refractivity contribution is -0.0412. The Hall–Kier alpha value is -0.200. The fourth-order valence-electron chi connectivity index (χ4n) is 2.03. The summed E-state index contributed by atoms with van der Waals surface area (Å²) in [6.07, 6.45) is 1.05. The second-order valence-electron chi connectivity index (χ2n) is 4.77. The van der Waals surface area contributed by atoms with E-state index >= 15 is 0 Å². The highest BCUT2D eigenvalue weighted by molar-refractivity contribution is 4.93. The summed E-state index contributed by atoms with van der Waals surface area (Å²) in [5.74, 6) is 0. The molecule has 110 valence electrons. The Labute approximate surface area is 112 Å². The second kappa shape index (κ2) is 9.69. The summed E-state index contributed by atoms with van der Waals surface area (Å²) >= 11 is 0. The second-order valence-corrected chi connectivity index (χ2v) is 4.77. The Balaban J connectivity index is 4.64. The van der Waals surface area contributed by atoms with Crippen LogP contribution >= 0.6 is 0 Å². The fourth-order valence-corrected chi connectivity index (χ4v) is 2.03. The van der Waals surface area contributed by atoms with Crippen molar-refractivity contribution in [3.05, 3.63) is 0 Å². The van der Waals surface area contributed by atoms with Crippen molar-refractivity contribution in [3.63, 3.8) is 0 Å². The van der Waals surface area contributed by atoms with Crippen LogP contribution in [0, 0.1) is 0 Å². The maximum absolute atomic E-state index is 5.97. The van der Waals surface area contributed by atoms with E-state index in [1.165, 1.54) is 0 Å². The Morgan fingerprint density at radius 1 is 1.11 bits per heavy atom. The summed E-state index contributed by atoms with van der Waals surface area (Å²) in [5.41, 5.74) is 5.79. The third-order valence-corrected chi connectivity index (χ3v) is 3.71. The molecule has 0 rings (SSSR count). The number of ether oxygens (including phenoxy) is 3. The fraction of sp³-hybridized carbons (Fsp3) is 1.00. The van der Waals surface area contributed by atoms with Gasteiger partial charge in [-0.3, -0.25) is 4.90 Å². The van der Waals surface area contributed by atoms with Crippen molar-refractivity contribution in [1.82, 2.24) is 4.90 Å². The van der Waals surface area contributed by atoms with E-state index in [1.54, 1.807) is 21.3 Å². The number of nitrogens with zero attached hydrogens (tertiary/aromatic N) is 1. The molecule has 0 fully saturated rings. The van der Waals surface area contributed by atoms with Crippen LogP contribution in [0.4, 0.5) is 0 Å². The van der Waals surface area contributed by atoms with E-state index < -0.39 is 0 Å². The molecule has 0 bridgehead atoms. The summed E-state index contributed by atoms with van der Waals surface area (Å²) in [7, 11) is 5.16. The molecule has 0 aromatic carbocycles. The average Bonchev–Trinajstić information content (AvgIpc) is 2.40. The van der Waals surface area contributed by atoms with Crippen molar-refractivity contribution in [2.24, 2.45) is 5.73 Å². The molecule has 0 radical (unpaired) electrons. The molecule has 5 heteroatoms. The van der Waals surface area contributed by atoms with E-state index in [0.29, 0.717) is 13.2 Å². The number of methoxy groups -OCH3 is 3. The van der Waals surface area contributed by atoms with Gasteiger partial charge in [0.15, 0.2) is 0 Å². The van der Waals surface area contributed by atoms with Gasteiger partial charge in [-0.05, 0) is 20.3 Å². The molecule has 0 aliphatic heterocycles. The lowest BCUT2D eigenvalue weighted by Crippen LogP contribution is -2.60. The zero-order valence-electron chi connectivity index (χ0n) is 12.6. The summed E-state index contributed by atoms with van der Waals surface area (Å²) in [6.45, 7) is 7.98. The molecule has 0 spiro atoms.